The summed E-state index contributed by atoms with van der Waals surface area (Å²) in [5, 5.41) is 7.79. The van der Waals surface area contributed by atoms with Crippen LogP contribution in [0.2, 0.25) is 5.02 Å². The van der Waals surface area contributed by atoms with Crippen molar-refractivity contribution in [3.05, 3.63) is 40.5 Å². The maximum Gasteiger partial charge on any atom is 0.242 e. The van der Waals surface area contributed by atoms with Crippen LogP contribution in [0, 0.1) is 0 Å². The van der Waals surface area contributed by atoms with Gasteiger partial charge in [0.05, 0.1) is 16.9 Å². The van der Waals surface area contributed by atoms with Crippen LogP contribution in [-0.4, -0.2) is 28.6 Å². The van der Waals surface area contributed by atoms with Crippen molar-refractivity contribution in [2.45, 2.75) is 31.7 Å². The predicted molar refractivity (Wildman–Crippen MR) is 91.5 cm³/mol. The highest BCUT2D eigenvalue weighted by molar-refractivity contribution is 6.35. The van der Waals surface area contributed by atoms with Gasteiger partial charge in [-0.2, -0.15) is 5.10 Å². The van der Waals surface area contributed by atoms with E-state index in [1.165, 1.54) is 0 Å². The number of hydrogen-bond donors (Lipinski definition) is 1. The fraction of sp³-hybridized carbons (Fsp3) is 0.353. The van der Waals surface area contributed by atoms with Crippen molar-refractivity contribution in [3.8, 4) is 0 Å². The van der Waals surface area contributed by atoms with Crippen LogP contribution in [0.1, 0.15) is 37.4 Å². The average molecular weight is 345 g/mol. The number of amides is 2. The van der Waals surface area contributed by atoms with E-state index in [2.05, 4.69) is 10.4 Å². The Kier molecular flexibility index (Phi) is 3.06. The summed E-state index contributed by atoms with van der Waals surface area (Å²) in [6.45, 7) is 3.96. The zero-order valence-electron chi connectivity index (χ0n) is 13.6. The van der Waals surface area contributed by atoms with Gasteiger partial charge in [0, 0.05) is 25.1 Å². The Hall–Kier alpha value is -2.34. The first-order valence-corrected chi connectivity index (χ1v) is 8.20. The Labute approximate surface area is 144 Å². The van der Waals surface area contributed by atoms with E-state index in [1.807, 2.05) is 26.0 Å². The predicted octanol–water partition coefficient (Wildman–Crippen LogP) is 2.72. The molecule has 0 saturated carbocycles. The second-order valence-electron chi connectivity index (χ2n) is 6.58. The minimum Gasteiger partial charge on any atom is -0.313 e. The summed E-state index contributed by atoms with van der Waals surface area (Å²) in [7, 11) is 1.70. The highest BCUT2D eigenvalue weighted by atomic mass is 35.5. The number of nitrogens with zero attached hydrogens (tertiary/aromatic N) is 3. The summed E-state index contributed by atoms with van der Waals surface area (Å²) in [6.07, 6.45) is 1.75. The number of anilines is 2. The zero-order valence-corrected chi connectivity index (χ0v) is 14.4. The molecule has 2 amide bonds. The highest BCUT2D eigenvalue weighted by Gasteiger charge is 2.56. The van der Waals surface area contributed by atoms with Crippen LogP contribution in [0.25, 0.3) is 0 Å². The van der Waals surface area contributed by atoms with Crippen LogP contribution in [0.15, 0.2) is 24.4 Å². The van der Waals surface area contributed by atoms with Crippen molar-refractivity contribution in [2.75, 3.05) is 17.3 Å². The van der Waals surface area contributed by atoms with Crippen molar-refractivity contribution in [2.24, 2.45) is 0 Å². The van der Waals surface area contributed by atoms with Crippen molar-refractivity contribution in [1.82, 2.24) is 9.78 Å². The van der Waals surface area contributed by atoms with Crippen LogP contribution in [0.5, 0.6) is 0 Å². The SMILES string of the molecule is CC(C)n1ncc2c1NC(=O)CC21C(=O)N(C)c2c(Cl)cccc21. The van der Waals surface area contributed by atoms with E-state index < -0.39 is 5.41 Å². The summed E-state index contributed by atoms with van der Waals surface area (Å²) in [6, 6.07) is 5.51. The van der Waals surface area contributed by atoms with Crippen LogP contribution >= 0.6 is 11.6 Å². The lowest BCUT2D eigenvalue weighted by Crippen LogP contribution is -2.45. The smallest absolute Gasteiger partial charge is 0.242 e. The van der Waals surface area contributed by atoms with E-state index in [9.17, 15) is 9.59 Å². The lowest BCUT2D eigenvalue weighted by molar-refractivity contribution is -0.126. The number of para-hydroxylation sites is 1. The van der Waals surface area contributed by atoms with Gasteiger partial charge in [0.15, 0.2) is 0 Å². The Morgan fingerprint density at radius 3 is 2.75 bits per heavy atom. The molecule has 3 heterocycles. The number of halogens is 1. The molecular formula is C17H17ClN4O2. The molecule has 0 radical (unpaired) electrons. The van der Waals surface area contributed by atoms with E-state index in [0.29, 0.717) is 16.5 Å². The Bertz CT molecular complexity index is 889. The zero-order chi connectivity index (χ0) is 17.2. The minimum atomic E-state index is -1.06. The summed E-state index contributed by atoms with van der Waals surface area (Å²) < 4.78 is 1.74. The molecular weight excluding hydrogens is 328 g/mol. The van der Waals surface area contributed by atoms with Gasteiger partial charge in [0.1, 0.15) is 11.2 Å². The van der Waals surface area contributed by atoms with E-state index >= 15 is 0 Å². The summed E-state index contributed by atoms with van der Waals surface area (Å²) >= 11 is 6.34. The highest BCUT2D eigenvalue weighted by Crippen LogP contribution is 2.53. The number of fused-ring (bicyclic) bond motifs is 4. The number of likely N-dealkylation sites (N-methyl/N-ethyl adjacent to an activating group) is 1. The normalized spacial score (nSPS) is 22.1. The molecule has 1 aromatic carbocycles. The lowest BCUT2D eigenvalue weighted by atomic mass is 9.72. The third-order valence-electron chi connectivity index (χ3n) is 4.88. The standard InChI is InChI=1S/C17H17ClN4O2/c1-9(2)22-15-11(8-19-22)17(7-13(23)20-15)10-5-4-6-12(18)14(10)21(3)16(17)24/h4-6,8-9H,7H2,1-3H3,(H,20,23). The maximum atomic E-state index is 13.2. The number of benzene rings is 1. The van der Waals surface area contributed by atoms with Crippen molar-refractivity contribution in [3.63, 3.8) is 0 Å². The Morgan fingerprint density at radius 2 is 2.04 bits per heavy atom. The molecule has 2 aliphatic rings. The van der Waals surface area contributed by atoms with Gasteiger partial charge in [0.2, 0.25) is 11.8 Å². The minimum absolute atomic E-state index is 0.0559. The third kappa shape index (κ3) is 1.69. The van der Waals surface area contributed by atoms with Crippen molar-refractivity contribution >= 4 is 34.9 Å². The van der Waals surface area contributed by atoms with Gasteiger partial charge in [-0.05, 0) is 25.5 Å². The molecule has 124 valence electrons. The Balaban J connectivity index is 2.06. The maximum absolute atomic E-state index is 13.2. The average Bonchev–Trinajstić information content (AvgIpc) is 3.03. The van der Waals surface area contributed by atoms with Gasteiger partial charge >= 0.3 is 0 Å². The molecule has 1 unspecified atom stereocenters. The number of nitrogens with one attached hydrogen (secondary N) is 1. The van der Waals surface area contributed by atoms with Crippen LogP contribution in [0.3, 0.4) is 0 Å². The summed E-state index contributed by atoms with van der Waals surface area (Å²) in [5.41, 5.74) is 1.11. The molecule has 24 heavy (non-hydrogen) atoms. The van der Waals surface area contributed by atoms with E-state index in [1.54, 1.807) is 28.9 Å². The summed E-state index contributed by atoms with van der Waals surface area (Å²) in [5.74, 6) is 0.250. The van der Waals surface area contributed by atoms with Crippen molar-refractivity contribution in [1.29, 1.82) is 0 Å². The van der Waals surface area contributed by atoms with E-state index in [-0.39, 0.29) is 24.3 Å². The molecule has 1 atom stereocenters. The number of hydrogen-bond acceptors (Lipinski definition) is 3. The number of carbonyl (C=O) groups excluding carboxylic acids is 2. The molecule has 0 saturated heterocycles. The monoisotopic (exact) mass is 344 g/mol. The first-order chi connectivity index (χ1) is 11.4. The topological polar surface area (TPSA) is 67.2 Å². The van der Waals surface area contributed by atoms with Crippen LogP contribution < -0.4 is 10.2 Å². The van der Waals surface area contributed by atoms with Gasteiger partial charge in [0.25, 0.3) is 0 Å². The molecule has 0 aliphatic carbocycles. The summed E-state index contributed by atoms with van der Waals surface area (Å²) in [4.78, 5) is 27.2. The molecule has 0 fully saturated rings. The van der Waals surface area contributed by atoms with Crippen LogP contribution in [0.4, 0.5) is 11.5 Å². The Morgan fingerprint density at radius 1 is 1.29 bits per heavy atom. The molecule has 0 bridgehead atoms. The number of aromatic nitrogens is 2. The molecule has 1 spiro atoms. The number of rotatable bonds is 1. The third-order valence-corrected chi connectivity index (χ3v) is 5.18. The quantitative estimate of drug-likeness (QED) is 0.865. The largest absolute Gasteiger partial charge is 0.313 e. The first-order valence-electron chi connectivity index (χ1n) is 7.83. The van der Waals surface area contributed by atoms with E-state index in [0.717, 1.165) is 11.1 Å². The van der Waals surface area contributed by atoms with Crippen molar-refractivity contribution < 1.29 is 9.59 Å². The number of carbonyl (C=O) groups is 2. The molecule has 6 nitrogen and oxygen atoms in total. The molecule has 7 heteroatoms. The second-order valence-corrected chi connectivity index (χ2v) is 6.98. The second kappa shape index (κ2) is 4.83. The van der Waals surface area contributed by atoms with Gasteiger partial charge in [-0.25, -0.2) is 4.68 Å². The fourth-order valence-electron chi connectivity index (χ4n) is 3.84. The lowest BCUT2D eigenvalue weighted by Gasteiger charge is -2.32. The fourth-order valence-corrected chi connectivity index (χ4v) is 4.14. The van der Waals surface area contributed by atoms with Gasteiger partial charge in [-0.15, -0.1) is 0 Å². The van der Waals surface area contributed by atoms with Gasteiger partial charge < -0.3 is 10.2 Å². The van der Waals surface area contributed by atoms with Gasteiger partial charge in [-0.3, -0.25) is 9.59 Å². The molecule has 2 aliphatic heterocycles. The van der Waals surface area contributed by atoms with Gasteiger partial charge in [-0.1, -0.05) is 23.7 Å². The molecule has 2 aromatic rings. The van der Waals surface area contributed by atoms with Crippen LogP contribution in [-0.2, 0) is 15.0 Å². The molecule has 1 aromatic heterocycles. The molecule has 4 rings (SSSR count). The molecule has 1 N–H and O–H groups in total. The van der Waals surface area contributed by atoms with E-state index in [4.69, 9.17) is 11.6 Å². The first kappa shape index (κ1) is 15.2.